The highest BCUT2D eigenvalue weighted by molar-refractivity contribution is 7.16. The van der Waals surface area contributed by atoms with E-state index in [0.29, 0.717) is 11.6 Å². The number of hydrogen-bond donors (Lipinski definition) is 1. The molecule has 80 valence electrons. The number of allylic oxidation sites excluding steroid dienone is 4. The average molecular weight is 228 g/mol. The molecule has 0 saturated carbocycles. The predicted octanol–water partition coefficient (Wildman–Crippen LogP) is 3.30. The lowest BCUT2D eigenvalue weighted by atomic mass is 9.93. The van der Waals surface area contributed by atoms with Crippen molar-refractivity contribution in [3.8, 4) is 0 Å². The number of anilines is 1. The van der Waals surface area contributed by atoms with Crippen molar-refractivity contribution in [1.29, 1.82) is 0 Å². The van der Waals surface area contributed by atoms with Gasteiger partial charge in [-0.2, -0.15) is 0 Å². The van der Waals surface area contributed by atoms with Gasteiger partial charge in [-0.25, -0.2) is 13.8 Å². The normalized spacial score (nSPS) is 21.8. The zero-order valence-corrected chi connectivity index (χ0v) is 8.94. The second-order valence-electron chi connectivity index (χ2n) is 3.53. The summed E-state index contributed by atoms with van der Waals surface area (Å²) in [6, 6.07) is 0. The second kappa shape index (κ2) is 3.73. The van der Waals surface area contributed by atoms with Gasteiger partial charge in [-0.1, -0.05) is 18.3 Å². The van der Waals surface area contributed by atoms with Crippen LogP contribution in [0.5, 0.6) is 0 Å². The van der Waals surface area contributed by atoms with Crippen LogP contribution in [-0.2, 0) is 0 Å². The SMILES string of the molecule is CC1CC(c2cnc(N)s2)=CC(F)=C1F. The molecule has 0 saturated heterocycles. The molecule has 5 heteroatoms. The van der Waals surface area contributed by atoms with Crippen molar-refractivity contribution < 1.29 is 8.78 Å². The summed E-state index contributed by atoms with van der Waals surface area (Å²) in [6.07, 6.45) is 3.30. The summed E-state index contributed by atoms with van der Waals surface area (Å²) in [4.78, 5) is 4.69. The van der Waals surface area contributed by atoms with Crippen molar-refractivity contribution in [2.75, 3.05) is 5.73 Å². The molecule has 0 spiro atoms. The molecular formula is C10H10F2N2S. The Bertz CT molecular complexity index is 448. The van der Waals surface area contributed by atoms with Gasteiger partial charge in [-0.15, -0.1) is 0 Å². The van der Waals surface area contributed by atoms with Crippen LogP contribution in [0.1, 0.15) is 18.2 Å². The number of nitrogens with zero attached hydrogens (tertiary/aromatic N) is 1. The van der Waals surface area contributed by atoms with Crippen molar-refractivity contribution >= 4 is 22.0 Å². The van der Waals surface area contributed by atoms with Gasteiger partial charge in [0.25, 0.3) is 0 Å². The van der Waals surface area contributed by atoms with Gasteiger partial charge in [0.2, 0.25) is 0 Å². The maximum Gasteiger partial charge on any atom is 0.180 e. The zero-order chi connectivity index (χ0) is 11.0. The van der Waals surface area contributed by atoms with E-state index in [0.717, 1.165) is 10.5 Å². The molecule has 1 aliphatic carbocycles. The van der Waals surface area contributed by atoms with E-state index in [4.69, 9.17) is 5.73 Å². The molecule has 1 aromatic rings. The Morgan fingerprint density at radius 2 is 2.27 bits per heavy atom. The minimum Gasteiger partial charge on any atom is -0.375 e. The lowest BCUT2D eigenvalue weighted by Gasteiger charge is -2.16. The molecule has 1 unspecified atom stereocenters. The van der Waals surface area contributed by atoms with Gasteiger partial charge in [0.1, 0.15) is 5.83 Å². The first kappa shape index (κ1) is 10.3. The molecule has 1 aromatic heterocycles. The first-order valence-corrected chi connectivity index (χ1v) is 5.37. The fraction of sp³-hybridized carbons (Fsp3) is 0.300. The summed E-state index contributed by atoms with van der Waals surface area (Å²) in [6.45, 7) is 1.66. The van der Waals surface area contributed by atoms with Crippen LogP contribution in [0.25, 0.3) is 5.57 Å². The van der Waals surface area contributed by atoms with Crippen LogP contribution < -0.4 is 5.73 Å². The van der Waals surface area contributed by atoms with Crippen LogP contribution in [0.4, 0.5) is 13.9 Å². The van der Waals surface area contributed by atoms with E-state index in [1.54, 1.807) is 13.1 Å². The summed E-state index contributed by atoms with van der Waals surface area (Å²) >= 11 is 1.29. The number of hydrogen-bond acceptors (Lipinski definition) is 3. The van der Waals surface area contributed by atoms with E-state index >= 15 is 0 Å². The zero-order valence-electron chi connectivity index (χ0n) is 8.13. The first-order chi connectivity index (χ1) is 7.08. The Morgan fingerprint density at radius 3 is 2.80 bits per heavy atom. The molecule has 1 heterocycles. The van der Waals surface area contributed by atoms with Crippen molar-refractivity contribution in [2.45, 2.75) is 13.3 Å². The highest BCUT2D eigenvalue weighted by Gasteiger charge is 2.22. The van der Waals surface area contributed by atoms with Crippen molar-refractivity contribution in [1.82, 2.24) is 4.98 Å². The van der Waals surface area contributed by atoms with Crippen molar-refractivity contribution in [3.05, 3.63) is 28.8 Å². The molecule has 1 aliphatic rings. The lowest BCUT2D eigenvalue weighted by molar-refractivity contribution is 0.449. The summed E-state index contributed by atoms with van der Waals surface area (Å²) < 4.78 is 26.2. The quantitative estimate of drug-likeness (QED) is 0.801. The van der Waals surface area contributed by atoms with Crippen LogP contribution >= 0.6 is 11.3 Å². The van der Waals surface area contributed by atoms with Gasteiger partial charge in [-0.3, -0.25) is 0 Å². The Morgan fingerprint density at radius 1 is 1.53 bits per heavy atom. The average Bonchev–Trinajstić information content (AvgIpc) is 2.60. The number of rotatable bonds is 1. The van der Waals surface area contributed by atoms with E-state index in [2.05, 4.69) is 4.98 Å². The maximum atomic E-state index is 13.2. The van der Waals surface area contributed by atoms with Crippen LogP contribution in [-0.4, -0.2) is 4.98 Å². The summed E-state index contributed by atoms with van der Waals surface area (Å²) in [5.41, 5.74) is 6.24. The fourth-order valence-electron chi connectivity index (χ4n) is 1.54. The van der Waals surface area contributed by atoms with E-state index in [-0.39, 0.29) is 0 Å². The Labute approximate surface area is 90.1 Å². The lowest BCUT2D eigenvalue weighted by Crippen LogP contribution is -2.03. The molecule has 0 radical (unpaired) electrons. The number of halogens is 2. The molecule has 15 heavy (non-hydrogen) atoms. The predicted molar refractivity (Wildman–Crippen MR) is 57.5 cm³/mol. The maximum absolute atomic E-state index is 13.2. The molecule has 0 aliphatic heterocycles. The minimum atomic E-state index is -0.782. The van der Waals surface area contributed by atoms with Crippen LogP contribution in [0.3, 0.4) is 0 Å². The van der Waals surface area contributed by atoms with Crippen molar-refractivity contribution in [2.24, 2.45) is 5.92 Å². The second-order valence-corrected chi connectivity index (χ2v) is 4.60. The summed E-state index contributed by atoms with van der Waals surface area (Å²) in [7, 11) is 0. The fourth-order valence-corrected chi connectivity index (χ4v) is 2.25. The Balaban J connectivity index is 2.37. The number of nitrogen functional groups attached to an aromatic ring is 1. The third-order valence-electron chi connectivity index (χ3n) is 2.33. The highest BCUT2D eigenvalue weighted by Crippen LogP contribution is 2.37. The number of aromatic nitrogens is 1. The van der Waals surface area contributed by atoms with Crippen molar-refractivity contribution in [3.63, 3.8) is 0 Å². The molecule has 0 amide bonds. The van der Waals surface area contributed by atoms with E-state index in [1.165, 1.54) is 17.4 Å². The Kier molecular flexibility index (Phi) is 2.56. The van der Waals surface area contributed by atoms with Gasteiger partial charge >= 0.3 is 0 Å². The third-order valence-corrected chi connectivity index (χ3v) is 3.23. The molecule has 2 rings (SSSR count). The van der Waals surface area contributed by atoms with Gasteiger partial charge in [0, 0.05) is 12.1 Å². The molecular weight excluding hydrogens is 218 g/mol. The highest BCUT2D eigenvalue weighted by atomic mass is 32.1. The molecule has 0 aromatic carbocycles. The summed E-state index contributed by atoms with van der Waals surface area (Å²) in [5, 5.41) is 0.439. The summed E-state index contributed by atoms with van der Waals surface area (Å²) in [5.74, 6) is -1.86. The molecule has 0 bridgehead atoms. The van der Waals surface area contributed by atoms with Gasteiger partial charge in [0.05, 0.1) is 4.88 Å². The molecule has 1 atom stereocenters. The first-order valence-electron chi connectivity index (χ1n) is 4.55. The molecule has 0 fully saturated rings. The van der Waals surface area contributed by atoms with E-state index in [9.17, 15) is 8.78 Å². The molecule has 2 nitrogen and oxygen atoms in total. The smallest absolute Gasteiger partial charge is 0.180 e. The topological polar surface area (TPSA) is 38.9 Å². The Hall–Kier alpha value is -1.23. The molecule has 2 N–H and O–H groups in total. The van der Waals surface area contributed by atoms with Gasteiger partial charge < -0.3 is 5.73 Å². The standard InChI is InChI=1S/C10H10F2N2S/c1-5-2-6(3-7(11)9(5)12)8-4-14-10(13)15-8/h3-5H,2H2,1H3,(H2,13,14). The van der Waals surface area contributed by atoms with Crippen LogP contribution in [0, 0.1) is 5.92 Å². The minimum absolute atomic E-state index is 0.409. The number of thiazole rings is 1. The number of nitrogens with two attached hydrogens (primary N) is 1. The van der Waals surface area contributed by atoms with E-state index < -0.39 is 17.6 Å². The largest absolute Gasteiger partial charge is 0.375 e. The van der Waals surface area contributed by atoms with Gasteiger partial charge in [-0.05, 0) is 18.1 Å². The van der Waals surface area contributed by atoms with Gasteiger partial charge in [0.15, 0.2) is 11.0 Å². The van der Waals surface area contributed by atoms with Crippen LogP contribution in [0.15, 0.2) is 23.9 Å². The van der Waals surface area contributed by atoms with Crippen LogP contribution in [0.2, 0.25) is 0 Å². The monoisotopic (exact) mass is 228 g/mol. The van der Waals surface area contributed by atoms with E-state index in [1.807, 2.05) is 0 Å². The third kappa shape index (κ3) is 1.92.